The fourth-order valence-electron chi connectivity index (χ4n) is 6.66. The van der Waals surface area contributed by atoms with E-state index >= 15 is 0 Å². The van der Waals surface area contributed by atoms with E-state index in [1.165, 1.54) is 96.2 Å². The first-order valence-corrected chi connectivity index (χ1v) is 22.4. The van der Waals surface area contributed by atoms with Crippen LogP contribution in [-0.2, 0) is 34.4 Å². The number of nitrogens with zero attached hydrogens (tertiary/aromatic N) is 4. The molecular formula is C42H68N5O7P. The SMILES string of the molecule is CC.CCCCCCCCCCCCCCCCCCOCC(COP(=O)(O)OCC1CCC(c2ccc3c(N)ncnn23)O1)OCc1ccc(C#N)cc1. The monoisotopic (exact) mass is 785 g/mol. The number of hydrogen-bond acceptors (Lipinski definition) is 10. The maximum atomic E-state index is 12.9. The van der Waals surface area contributed by atoms with Crippen molar-refractivity contribution in [3.63, 3.8) is 0 Å². The van der Waals surface area contributed by atoms with Gasteiger partial charge in [-0.2, -0.15) is 10.4 Å². The Labute approximate surface area is 330 Å². The van der Waals surface area contributed by atoms with E-state index in [1.54, 1.807) is 16.6 Å². The number of fused-ring (bicyclic) bond motifs is 1. The van der Waals surface area contributed by atoms with Crippen molar-refractivity contribution >= 4 is 19.2 Å². The van der Waals surface area contributed by atoms with E-state index < -0.39 is 13.9 Å². The van der Waals surface area contributed by atoms with Crippen molar-refractivity contribution in [3.8, 4) is 6.07 Å². The first-order chi connectivity index (χ1) is 26.9. The standard InChI is InChI=1S/C40H62N5O7P.C2H6/c1-2-3-4-5-6-7-8-9-10-11-12-13-14-15-16-17-26-48-29-36(49-28-34-20-18-33(27-41)19-21-34)31-51-53(46,47)50-30-35-22-25-39(52-35)37-23-24-38-40(42)43-32-44-45(37)38;1-2/h18-21,23-24,32,35-36,39H,2-17,22,25-26,28-31H2,1H3,(H,46,47)(H2,42,43,44);1-2H3. The highest BCUT2D eigenvalue weighted by atomic mass is 31.2. The van der Waals surface area contributed by atoms with Gasteiger partial charge in [0.2, 0.25) is 0 Å². The van der Waals surface area contributed by atoms with Gasteiger partial charge in [0.25, 0.3) is 0 Å². The molecule has 3 N–H and O–H groups in total. The molecule has 4 atom stereocenters. The van der Waals surface area contributed by atoms with Gasteiger partial charge in [0.05, 0.1) is 49.9 Å². The maximum absolute atomic E-state index is 12.9. The molecule has 0 amide bonds. The van der Waals surface area contributed by atoms with Crippen LogP contribution in [0.5, 0.6) is 0 Å². The topological polar surface area (TPSA) is 163 Å². The normalized spacial score (nSPS) is 17.1. The molecule has 0 spiro atoms. The molecule has 1 aliphatic heterocycles. The lowest BCUT2D eigenvalue weighted by Gasteiger charge is -2.21. The predicted octanol–water partition coefficient (Wildman–Crippen LogP) is 10.4. The van der Waals surface area contributed by atoms with E-state index in [4.69, 9.17) is 34.3 Å². The van der Waals surface area contributed by atoms with Crippen molar-refractivity contribution in [2.24, 2.45) is 0 Å². The zero-order valence-electron chi connectivity index (χ0n) is 33.7. The fourth-order valence-corrected chi connectivity index (χ4v) is 7.44. The third-order valence-corrected chi connectivity index (χ3v) is 10.8. The molecule has 1 fully saturated rings. The van der Waals surface area contributed by atoms with Gasteiger partial charge in [0.1, 0.15) is 24.1 Å². The third-order valence-electron chi connectivity index (χ3n) is 9.81. The number of nitrogens with two attached hydrogens (primary N) is 1. The molecule has 0 saturated carbocycles. The van der Waals surface area contributed by atoms with Crippen LogP contribution in [0.4, 0.5) is 5.82 Å². The summed E-state index contributed by atoms with van der Waals surface area (Å²) in [5.74, 6) is 0.382. The van der Waals surface area contributed by atoms with Crippen molar-refractivity contribution in [3.05, 3.63) is 59.5 Å². The van der Waals surface area contributed by atoms with Crippen molar-refractivity contribution in [1.82, 2.24) is 14.6 Å². The lowest BCUT2D eigenvalue weighted by molar-refractivity contribution is -0.0529. The molecule has 3 aromatic rings. The van der Waals surface area contributed by atoms with Gasteiger partial charge >= 0.3 is 7.82 Å². The Balaban J connectivity index is 0.00000399. The third kappa shape index (κ3) is 18.3. The van der Waals surface area contributed by atoms with Crippen molar-refractivity contribution < 1.29 is 32.7 Å². The molecule has 55 heavy (non-hydrogen) atoms. The molecule has 4 rings (SSSR count). The minimum atomic E-state index is -4.40. The number of ether oxygens (including phenoxy) is 3. The molecule has 3 heterocycles. The van der Waals surface area contributed by atoms with Crippen LogP contribution >= 0.6 is 7.82 Å². The Morgan fingerprint density at radius 2 is 1.51 bits per heavy atom. The maximum Gasteiger partial charge on any atom is 0.472 e. The molecule has 1 saturated heterocycles. The number of phosphoric acid groups is 1. The van der Waals surface area contributed by atoms with Gasteiger partial charge in [-0.3, -0.25) is 9.05 Å². The zero-order valence-corrected chi connectivity index (χ0v) is 34.6. The van der Waals surface area contributed by atoms with Crippen molar-refractivity contribution in [2.45, 2.75) is 161 Å². The van der Waals surface area contributed by atoms with Gasteiger partial charge < -0.3 is 24.8 Å². The Morgan fingerprint density at radius 1 is 0.891 bits per heavy atom. The number of hydrogen-bond donors (Lipinski definition) is 2. The second kappa shape index (κ2) is 27.7. The summed E-state index contributed by atoms with van der Waals surface area (Å²) in [5, 5.41) is 13.4. The Bertz CT molecular complexity index is 1530. The highest BCUT2D eigenvalue weighted by Gasteiger charge is 2.32. The molecule has 0 aliphatic carbocycles. The number of nitriles is 1. The second-order valence-corrected chi connectivity index (χ2v) is 15.7. The summed E-state index contributed by atoms with van der Waals surface area (Å²) in [6.45, 7) is 7.01. The average molecular weight is 786 g/mol. The lowest BCUT2D eigenvalue weighted by Crippen LogP contribution is -2.26. The van der Waals surface area contributed by atoms with Gasteiger partial charge in [-0.15, -0.1) is 0 Å². The first kappa shape index (κ1) is 46.5. The van der Waals surface area contributed by atoms with Gasteiger partial charge in [0, 0.05) is 6.61 Å². The van der Waals surface area contributed by atoms with Crippen LogP contribution in [0.15, 0.2) is 42.7 Å². The molecule has 0 bridgehead atoms. The van der Waals surface area contributed by atoms with Gasteiger partial charge in [-0.1, -0.05) is 129 Å². The van der Waals surface area contributed by atoms with Crippen LogP contribution in [-0.4, -0.2) is 58.1 Å². The number of anilines is 1. The largest absolute Gasteiger partial charge is 0.472 e. The van der Waals surface area contributed by atoms with Gasteiger partial charge in [0.15, 0.2) is 5.82 Å². The molecule has 4 unspecified atom stereocenters. The number of unbranched alkanes of at least 4 members (excludes halogenated alkanes) is 15. The van der Waals surface area contributed by atoms with Crippen LogP contribution in [0, 0.1) is 11.3 Å². The van der Waals surface area contributed by atoms with E-state index in [0.29, 0.717) is 36.3 Å². The van der Waals surface area contributed by atoms with Crippen LogP contribution in [0.1, 0.15) is 159 Å². The summed E-state index contributed by atoms with van der Waals surface area (Å²) in [6.07, 6.45) is 22.5. The molecule has 1 aromatic carbocycles. The van der Waals surface area contributed by atoms with E-state index in [1.807, 2.05) is 38.1 Å². The Morgan fingerprint density at radius 3 is 2.13 bits per heavy atom. The number of nitrogen functional groups attached to an aromatic ring is 1. The van der Waals surface area contributed by atoms with Crippen LogP contribution < -0.4 is 5.73 Å². The Hall–Kier alpha value is -2.88. The molecule has 1 aliphatic rings. The van der Waals surface area contributed by atoms with E-state index in [-0.39, 0.29) is 38.6 Å². The van der Waals surface area contributed by atoms with E-state index in [2.05, 4.69) is 23.1 Å². The van der Waals surface area contributed by atoms with Crippen molar-refractivity contribution in [1.29, 1.82) is 5.26 Å². The van der Waals surface area contributed by atoms with Crippen LogP contribution in [0.25, 0.3) is 5.52 Å². The summed E-state index contributed by atoms with van der Waals surface area (Å²) in [5.41, 5.74) is 8.92. The zero-order chi connectivity index (χ0) is 39.6. The number of aromatic nitrogens is 3. The predicted molar refractivity (Wildman–Crippen MR) is 217 cm³/mol. The van der Waals surface area contributed by atoms with Gasteiger partial charge in [-0.05, 0) is 49.1 Å². The molecule has 308 valence electrons. The minimum Gasteiger partial charge on any atom is -0.382 e. The fraction of sp³-hybridized carbons (Fsp3) is 0.690. The number of benzene rings is 1. The molecule has 2 aromatic heterocycles. The van der Waals surface area contributed by atoms with E-state index in [0.717, 1.165) is 24.1 Å². The van der Waals surface area contributed by atoms with Crippen molar-refractivity contribution in [2.75, 3.05) is 32.2 Å². The van der Waals surface area contributed by atoms with E-state index in [9.17, 15) is 9.46 Å². The summed E-state index contributed by atoms with van der Waals surface area (Å²) < 4.78 is 43.4. The average Bonchev–Trinajstić information content (AvgIpc) is 3.86. The van der Waals surface area contributed by atoms with Crippen LogP contribution in [0.3, 0.4) is 0 Å². The summed E-state index contributed by atoms with van der Waals surface area (Å²) in [7, 11) is -4.40. The molecular weight excluding hydrogens is 717 g/mol. The summed E-state index contributed by atoms with van der Waals surface area (Å²) in [4.78, 5) is 14.5. The Kier molecular flexibility index (Phi) is 23.4. The lowest BCUT2D eigenvalue weighted by atomic mass is 10.0. The quantitative estimate of drug-likeness (QED) is 0.0508. The molecule has 12 nitrogen and oxygen atoms in total. The first-order valence-electron chi connectivity index (χ1n) is 20.9. The summed E-state index contributed by atoms with van der Waals surface area (Å²) in [6, 6.07) is 12.9. The molecule has 0 radical (unpaired) electrons. The summed E-state index contributed by atoms with van der Waals surface area (Å²) >= 11 is 0. The van der Waals surface area contributed by atoms with Crippen LogP contribution in [0.2, 0.25) is 0 Å². The number of rotatable bonds is 29. The van der Waals surface area contributed by atoms with Gasteiger partial charge in [-0.25, -0.2) is 14.1 Å². The minimum absolute atomic E-state index is 0.1000. The number of phosphoric ester groups is 1. The molecule has 13 heteroatoms. The highest BCUT2D eigenvalue weighted by Crippen LogP contribution is 2.45. The highest BCUT2D eigenvalue weighted by molar-refractivity contribution is 7.47. The second-order valence-electron chi connectivity index (χ2n) is 14.2. The smallest absolute Gasteiger partial charge is 0.382 e.